The van der Waals surface area contributed by atoms with Crippen molar-refractivity contribution in [3.05, 3.63) is 23.8 Å². The molecule has 0 unspecified atom stereocenters. The number of benzene rings is 1. The number of amides is 1. The molecule has 1 aliphatic heterocycles. The van der Waals surface area contributed by atoms with Crippen molar-refractivity contribution in [3.63, 3.8) is 0 Å². The molecule has 1 aromatic rings. The van der Waals surface area contributed by atoms with E-state index in [0.29, 0.717) is 12.8 Å². The standard InChI is InChI=1S/C14H17N3O3S/c1-14(2,9-15)16-21(19,20)11-5-6-12-10(8-11)4-7-13(18)17(12)3/h5-6,8,16H,4,7H2,1-3H3. The average molecular weight is 307 g/mol. The third-order valence-electron chi connectivity index (χ3n) is 3.37. The molecule has 0 spiro atoms. The largest absolute Gasteiger partial charge is 0.315 e. The summed E-state index contributed by atoms with van der Waals surface area (Å²) in [6, 6.07) is 6.54. The minimum Gasteiger partial charge on any atom is -0.315 e. The van der Waals surface area contributed by atoms with Gasteiger partial charge in [-0.15, -0.1) is 0 Å². The van der Waals surface area contributed by atoms with Crippen molar-refractivity contribution >= 4 is 21.6 Å². The molecule has 6 nitrogen and oxygen atoms in total. The Bertz CT molecular complexity index is 732. The topological polar surface area (TPSA) is 90.3 Å². The van der Waals surface area contributed by atoms with E-state index in [0.717, 1.165) is 11.3 Å². The van der Waals surface area contributed by atoms with Gasteiger partial charge in [0.15, 0.2) is 0 Å². The van der Waals surface area contributed by atoms with Gasteiger partial charge in [-0.25, -0.2) is 8.42 Å². The Kier molecular flexibility index (Phi) is 3.78. The van der Waals surface area contributed by atoms with Gasteiger partial charge in [0, 0.05) is 19.2 Å². The SMILES string of the molecule is CN1C(=O)CCc2cc(S(=O)(=O)NC(C)(C)C#N)ccc21. The van der Waals surface area contributed by atoms with Crippen molar-refractivity contribution in [2.24, 2.45) is 0 Å². The summed E-state index contributed by atoms with van der Waals surface area (Å²) in [7, 11) is -2.10. The second-order valence-corrected chi connectivity index (χ2v) is 7.27. The number of nitrogens with zero attached hydrogens (tertiary/aromatic N) is 2. The molecular formula is C14H17N3O3S. The highest BCUT2D eigenvalue weighted by atomic mass is 32.2. The fraction of sp³-hybridized carbons (Fsp3) is 0.429. The van der Waals surface area contributed by atoms with Crippen molar-refractivity contribution in [3.8, 4) is 6.07 Å². The zero-order chi connectivity index (χ0) is 15.8. The first-order valence-electron chi connectivity index (χ1n) is 6.51. The number of fused-ring (bicyclic) bond motifs is 1. The Balaban J connectivity index is 2.40. The summed E-state index contributed by atoms with van der Waals surface area (Å²) < 4.78 is 26.9. The fourth-order valence-electron chi connectivity index (χ4n) is 2.22. The number of anilines is 1. The van der Waals surface area contributed by atoms with Crippen LogP contribution in [0.2, 0.25) is 0 Å². The highest BCUT2D eigenvalue weighted by molar-refractivity contribution is 7.89. The summed E-state index contributed by atoms with van der Waals surface area (Å²) in [4.78, 5) is 13.3. The van der Waals surface area contributed by atoms with Gasteiger partial charge in [0.1, 0.15) is 5.54 Å². The zero-order valence-corrected chi connectivity index (χ0v) is 13.0. The summed E-state index contributed by atoms with van der Waals surface area (Å²) in [5.41, 5.74) is 0.362. The molecule has 7 heteroatoms. The molecule has 0 radical (unpaired) electrons. The maximum Gasteiger partial charge on any atom is 0.241 e. The van der Waals surface area contributed by atoms with E-state index in [1.807, 2.05) is 6.07 Å². The van der Waals surface area contributed by atoms with E-state index in [9.17, 15) is 13.2 Å². The number of rotatable bonds is 3. The van der Waals surface area contributed by atoms with Crippen molar-refractivity contribution in [1.29, 1.82) is 5.26 Å². The predicted octanol–water partition coefficient (Wildman–Crippen LogP) is 1.18. The van der Waals surface area contributed by atoms with Gasteiger partial charge in [-0.05, 0) is 44.0 Å². The fourth-order valence-corrected chi connectivity index (χ4v) is 3.60. The number of carbonyl (C=O) groups excluding carboxylic acids is 1. The van der Waals surface area contributed by atoms with Crippen LogP contribution in [-0.2, 0) is 21.2 Å². The highest BCUT2D eigenvalue weighted by Crippen LogP contribution is 2.29. The first-order valence-corrected chi connectivity index (χ1v) is 7.99. The molecule has 0 aromatic heterocycles. The summed E-state index contributed by atoms with van der Waals surface area (Å²) in [6.07, 6.45) is 0.883. The number of carbonyl (C=O) groups is 1. The number of aryl methyl sites for hydroxylation is 1. The van der Waals surface area contributed by atoms with Gasteiger partial charge in [-0.2, -0.15) is 9.98 Å². The Morgan fingerprint density at radius 3 is 2.62 bits per heavy atom. The van der Waals surface area contributed by atoms with Crippen molar-refractivity contribution in [1.82, 2.24) is 4.72 Å². The molecule has 0 saturated heterocycles. The van der Waals surface area contributed by atoms with Gasteiger partial charge in [-0.3, -0.25) is 4.79 Å². The van der Waals surface area contributed by atoms with E-state index in [2.05, 4.69) is 4.72 Å². The summed E-state index contributed by atoms with van der Waals surface area (Å²) in [5.74, 6) is 0.0156. The summed E-state index contributed by atoms with van der Waals surface area (Å²) in [6.45, 7) is 2.99. The molecular weight excluding hydrogens is 290 g/mol. The summed E-state index contributed by atoms with van der Waals surface area (Å²) in [5, 5.41) is 8.94. The van der Waals surface area contributed by atoms with Crippen LogP contribution in [0, 0.1) is 11.3 Å². The van der Waals surface area contributed by atoms with E-state index in [-0.39, 0.29) is 10.8 Å². The van der Waals surface area contributed by atoms with Gasteiger partial charge < -0.3 is 4.90 Å². The second-order valence-electron chi connectivity index (χ2n) is 5.59. The molecule has 1 amide bonds. The first-order chi connectivity index (χ1) is 9.66. The third kappa shape index (κ3) is 3.06. The monoisotopic (exact) mass is 307 g/mol. The van der Waals surface area contributed by atoms with E-state index in [4.69, 9.17) is 5.26 Å². The van der Waals surface area contributed by atoms with Gasteiger partial charge in [0.25, 0.3) is 0 Å². The van der Waals surface area contributed by atoms with E-state index in [1.54, 1.807) is 19.2 Å². The van der Waals surface area contributed by atoms with Crippen LogP contribution in [0.15, 0.2) is 23.1 Å². The first kappa shape index (κ1) is 15.5. The van der Waals surface area contributed by atoms with Crippen LogP contribution in [0.25, 0.3) is 0 Å². The number of hydrogen-bond acceptors (Lipinski definition) is 4. The number of hydrogen-bond donors (Lipinski definition) is 1. The number of nitrogens with one attached hydrogen (secondary N) is 1. The molecule has 112 valence electrons. The van der Waals surface area contributed by atoms with Crippen molar-refractivity contribution < 1.29 is 13.2 Å². The normalized spacial score (nSPS) is 15.5. The number of nitriles is 1. The Morgan fingerprint density at radius 2 is 2.00 bits per heavy atom. The lowest BCUT2D eigenvalue weighted by Gasteiger charge is -2.26. The van der Waals surface area contributed by atoms with Crippen LogP contribution >= 0.6 is 0 Å². The van der Waals surface area contributed by atoms with E-state index in [1.165, 1.54) is 24.8 Å². The smallest absolute Gasteiger partial charge is 0.241 e. The van der Waals surface area contributed by atoms with Gasteiger partial charge in [0.2, 0.25) is 15.9 Å². The van der Waals surface area contributed by atoms with Crippen LogP contribution < -0.4 is 9.62 Å². The molecule has 0 saturated carbocycles. The minimum absolute atomic E-state index is 0.0156. The van der Waals surface area contributed by atoms with Gasteiger partial charge in [-0.1, -0.05) is 0 Å². The lowest BCUT2D eigenvalue weighted by molar-refractivity contribution is -0.118. The number of sulfonamides is 1. The molecule has 1 aromatic carbocycles. The van der Waals surface area contributed by atoms with Crippen LogP contribution in [0.1, 0.15) is 25.8 Å². The molecule has 2 rings (SSSR count). The predicted molar refractivity (Wildman–Crippen MR) is 78.2 cm³/mol. The molecule has 0 fully saturated rings. The molecule has 0 atom stereocenters. The Morgan fingerprint density at radius 1 is 1.33 bits per heavy atom. The Labute approximate surface area is 124 Å². The van der Waals surface area contributed by atoms with E-state index < -0.39 is 15.6 Å². The van der Waals surface area contributed by atoms with Gasteiger partial charge in [0.05, 0.1) is 11.0 Å². The molecule has 1 heterocycles. The Hall–Kier alpha value is -1.91. The molecule has 0 bridgehead atoms. The van der Waals surface area contributed by atoms with E-state index >= 15 is 0 Å². The molecule has 1 N–H and O–H groups in total. The third-order valence-corrected chi connectivity index (χ3v) is 5.03. The summed E-state index contributed by atoms with van der Waals surface area (Å²) >= 11 is 0. The maximum absolute atomic E-state index is 12.3. The van der Waals surface area contributed by atoms with Gasteiger partial charge >= 0.3 is 0 Å². The quantitative estimate of drug-likeness (QED) is 0.907. The highest BCUT2D eigenvalue weighted by Gasteiger charge is 2.28. The van der Waals surface area contributed by atoms with Crippen molar-refractivity contribution in [2.75, 3.05) is 11.9 Å². The van der Waals surface area contributed by atoms with Crippen LogP contribution in [0.5, 0.6) is 0 Å². The van der Waals surface area contributed by atoms with Crippen LogP contribution in [0.4, 0.5) is 5.69 Å². The average Bonchev–Trinajstić information content (AvgIpc) is 2.41. The zero-order valence-electron chi connectivity index (χ0n) is 12.2. The molecule has 0 aliphatic carbocycles. The lowest BCUT2D eigenvalue weighted by atomic mass is 10.0. The minimum atomic E-state index is -3.77. The van der Waals surface area contributed by atoms with Crippen LogP contribution in [-0.4, -0.2) is 26.9 Å². The molecule has 1 aliphatic rings. The van der Waals surface area contributed by atoms with Crippen LogP contribution in [0.3, 0.4) is 0 Å². The lowest BCUT2D eigenvalue weighted by Crippen LogP contribution is -2.42. The van der Waals surface area contributed by atoms with Crippen molar-refractivity contribution in [2.45, 2.75) is 37.1 Å². The second kappa shape index (κ2) is 5.13. The maximum atomic E-state index is 12.3. The molecule has 21 heavy (non-hydrogen) atoms.